The van der Waals surface area contributed by atoms with E-state index in [0.29, 0.717) is 25.1 Å². The lowest BCUT2D eigenvalue weighted by Crippen LogP contribution is -2.32. The second kappa shape index (κ2) is 7.33. The molecule has 1 aromatic rings. The Morgan fingerprint density at radius 3 is 2.72 bits per heavy atom. The molecular weight excluding hydrogens is 226 g/mol. The largest absolute Gasteiger partial charge is 0.385 e. The van der Waals surface area contributed by atoms with Gasteiger partial charge in [-0.05, 0) is 26.0 Å². The highest BCUT2D eigenvalue weighted by molar-refractivity contribution is 5.99. The highest BCUT2D eigenvalue weighted by Gasteiger charge is 2.16. The Labute approximate surface area is 108 Å². The highest BCUT2D eigenvalue weighted by atomic mass is 16.2. The van der Waals surface area contributed by atoms with Crippen LogP contribution in [0.1, 0.15) is 30.6 Å². The third kappa shape index (κ3) is 3.49. The van der Waals surface area contributed by atoms with E-state index in [0.717, 1.165) is 12.2 Å². The molecule has 0 radical (unpaired) electrons. The zero-order valence-electron chi connectivity index (χ0n) is 10.9. The quantitative estimate of drug-likeness (QED) is 0.837. The average Bonchev–Trinajstić information content (AvgIpc) is 2.40. The summed E-state index contributed by atoms with van der Waals surface area (Å²) >= 11 is 0. The Bertz CT molecular complexity index is 437. The number of benzene rings is 1. The predicted molar refractivity (Wildman–Crippen MR) is 72.4 cm³/mol. The lowest BCUT2D eigenvalue weighted by atomic mass is 10.1. The predicted octanol–water partition coefficient (Wildman–Crippen LogP) is 2.49. The van der Waals surface area contributed by atoms with Crippen LogP contribution in [0.15, 0.2) is 24.3 Å². The zero-order valence-corrected chi connectivity index (χ0v) is 10.9. The molecule has 1 amide bonds. The summed E-state index contributed by atoms with van der Waals surface area (Å²) in [5.74, 6) is -0.0238. The normalized spacial score (nSPS) is 9.61. The summed E-state index contributed by atoms with van der Waals surface area (Å²) in [5, 5.41) is 11.8. The number of nitrogens with zero attached hydrogens (tertiary/aromatic N) is 2. The Kier molecular flexibility index (Phi) is 5.72. The summed E-state index contributed by atoms with van der Waals surface area (Å²) in [6.45, 7) is 5.78. The van der Waals surface area contributed by atoms with Crippen molar-refractivity contribution in [2.75, 3.05) is 25.0 Å². The smallest absolute Gasteiger partial charge is 0.255 e. The van der Waals surface area contributed by atoms with Crippen molar-refractivity contribution in [1.82, 2.24) is 4.90 Å². The first kappa shape index (κ1) is 14.0. The molecule has 0 atom stereocenters. The van der Waals surface area contributed by atoms with Gasteiger partial charge >= 0.3 is 0 Å². The molecule has 0 spiro atoms. The van der Waals surface area contributed by atoms with Crippen molar-refractivity contribution in [3.8, 4) is 6.07 Å². The minimum Gasteiger partial charge on any atom is -0.385 e. The third-order valence-corrected chi connectivity index (χ3v) is 2.69. The number of rotatable bonds is 6. The van der Waals surface area contributed by atoms with Gasteiger partial charge < -0.3 is 10.2 Å². The molecule has 0 aliphatic carbocycles. The number of para-hydroxylation sites is 1. The van der Waals surface area contributed by atoms with E-state index in [4.69, 9.17) is 5.26 Å². The van der Waals surface area contributed by atoms with Gasteiger partial charge in [0.1, 0.15) is 0 Å². The molecule has 0 aromatic heterocycles. The van der Waals surface area contributed by atoms with Crippen LogP contribution in [0, 0.1) is 11.3 Å². The molecule has 96 valence electrons. The first-order chi connectivity index (χ1) is 8.74. The fourth-order valence-corrected chi connectivity index (χ4v) is 1.77. The van der Waals surface area contributed by atoms with E-state index < -0.39 is 0 Å². The molecule has 0 bridgehead atoms. The van der Waals surface area contributed by atoms with E-state index in [2.05, 4.69) is 11.4 Å². The summed E-state index contributed by atoms with van der Waals surface area (Å²) in [7, 11) is 0. The van der Waals surface area contributed by atoms with Crippen LogP contribution in [-0.4, -0.2) is 30.4 Å². The van der Waals surface area contributed by atoms with Crippen LogP contribution in [0.25, 0.3) is 0 Å². The number of amides is 1. The van der Waals surface area contributed by atoms with E-state index in [1.54, 1.807) is 4.90 Å². The number of hydrogen-bond donors (Lipinski definition) is 1. The molecule has 1 rings (SSSR count). The van der Waals surface area contributed by atoms with Gasteiger partial charge in [0.05, 0.1) is 18.1 Å². The van der Waals surface area contributed by atoms with Gasteiger partial charge in [-0.3, -0.25) is 4.79 Å². The van der Waals surface area contributed by atoms with Crippen LogP contribution in [0.5, 0.6) is 0 Å². The molecule has 1 aromatic carbocycles. The van der Waals surface area contributed by atoms with E-state index in [9.17, 15) is 4.79 Å². The molecule has 18 heavy (non-hydrogen) atoms. The van der Waals surface area contributed by atoms with Crippen molar-refractivity contribution in [2.45, 2.75) is 20.3 Å². The van der Waals surface area contributed by atoms with E-state index in [1.807, 2.05) is 38.1 Å². The van der Waals surface area contributed by atoms with Crippen molar-refractivity contribution in [3.05, 3.63) is 29.8 Å². The van der Waals surface area contributed by atoms with Crippen molar-refractivity contribution < 1.29 is 4.79 Å². The Morgan fingerprint density at radius 2 is 2.11 bits per heavy atom. The minimum absolute atomic E-state index is 0.0238. The second-order valence-electron chi connectivity index (χ2n) is 3.87. The maximum absolute atomic E-state index is 12.4. The second-order valence-corrected chi connectivity index (χ2v) is 3.87. The van der Waals surface area contributed by atoms with Gasteiger partial charge in [0.25, 0.3) is 5.91 Å². The third-order valence-electron chi connectivity index (χ3n) is 2.69. The standard InChI is InChI=1S/C14H19N3O/c1-3-16-13-9-6-5-8-12(13)14(18)17(4-2)11-7-10-15/h5-6,8-9,16H,3-4,7,11H2,1-2H3. The Hall–Kier alpha value is -2.02. The molecule has 0 fully saturated rings. The van der Waals surface area contributed by atoms with Crippen LogP contribution < -0.4 is 5.32 Å². The molecule has 0 saturated carbocycles. The van der Waals surface area contributed by atoms with Gasteiger partial charge in [-0.1, -0.05) is 12.1 Å². The van der Waals surface area contributed by atoms with Crippen molar-refractivity contribution in [3.63, 3.8) is 0 Å². The first-order valence-corrected chi connectivity index (χ1v) is 6.23. The van der Waals surface area contributed by atoms with Gasteiger partial charge in [-0.2, -0.15) is 5.26 Å². The summed E-state index contributed by atoms with van der Waals surface area (Å²) in [5.41, 5.74) is 1.51. The van der Waals surface area contributed by atoms with E-state index in [1.165, 1.54) is 0 Å². The maximum Gasteiger partial charge on any atom is 0.255 e. The van der Waals surface area contributed by atoms with Gasteiger partial charge in [0, 0.05) is 25.3 Å². The topological polar surface area (TPSA) is 56.1 Å². The van der Waals surface area contributed by atoms with Gasteiger partial charge in [-0.25, -0.2) is 0 Å². The van der Waals surface area contributed by atoms with Crippen LogP contribution in [0.2, 0.25) is 0 Å². The highest BCUT2D eigenvalue weighted by Crippen LogP contribution is 2.17. The number of anilines is 1. The Balaban J connectivity index is 2.91. The molecule has 4 heteroatoms. The van der Waals surface area contributed by atoms with Crippen molar-refractivity contribution in [2.24, 2.45) is 0 Å². The number of carbonyl (C=O) groups excluding carboxylic acids is 1. The van der Waals surface area contributed by atoms with E-state index >= 15 is 0 Å². The van der Waals surface area contributed by atoms with Crippen molar-refractivity contribution in [1.29, 1.82) is 5.26 Å². The van der Waals surface area contributed by atoms with Gasteiger partial charge in [-0.15, -0.1) is 0 Å². The fraction of sp³-hybridized carbons (Fsp3) is 0.429. The number of carbonyl (C=O) groups is 1. The van der Waals surface area contributed by atoms with Crippen LogP contribution >= 0.6 is 0 Å². The van der Waals surface area contributed by atoms with E-state index in [-0.39, 0.29) is 5.91 Å². The SMILES string of the molecule is CCNc1ccccc1C(=O)N(CC)CCC#N. The average molecular weight is 245 g/mol. The Morgan fingerprint density at radius 1 is 1.39 bits per heavy atom. The zero-order chi connectivity index (χ0) is 13.4. The molecule has 1 N–H and O–H groups in total. The summed E-state index contributed by atoms with van der Waals surface area (Å²) < 4.78 is 0. The van der Waals surface area contributed by atoms with Gasteiger partial charge in [0.15, 0.2) is 0 Å². The monoisotopic (exact) mass is 245 g/mol. The van der Waals surface area contributed by atoms with Crippen LogP contribution in [0.3, 0.4) is 0 Å². The lowest BCUT2D eigenvalue weighted by Gasteiger charge is -2.21. The minimum atomic E-state index is -0.0238. The van der Waals surface area contributed by atoms with Crippen molar-refractivity contribution >= 4 is 11.6 Å². The maximum atomic E-state index is 12.4. The summed E-state index contributed by atoms with van der Waals surface area (Å²) in [6, 6.07) is 9.54. The molecule has 0 unspecified atom stereocenters. The van der Waals surface area contributed by atoms with Crippen LogP contribution in [-0.2, 0) is 0 Å². The number of hydrogen-bond acceptors (Lipinski definition) is 3. The lowest BCUT2D eigenvalue weighted by molar-refractivity contribution is 0.0769. The van der Waals surface area contributed by atoms with Gasteiger partial charge in [0.2, 0.25) is 0 Å². The fourth-order valence-electron chi connectivity index (χ4n) is 1.77. The molecule has 4 nitrogen and oxygen atoms in total. The molecular formula is C14H19N3O. The molecule has 0 aliphatic rings. The summed E-state index contributed by atoms with van der Waals surface area (Å²) in [6.07, 6.45) is 0.364. The molecule has 0 saturated heterocycles. The summed E-state index contributed by atoms with van der Waals surface area (Å²) in [4.78, 5) is 14.0. The number of nitrogens with one attached hydrogen (secondary N) is 1. The molecule has 0 heterocycles. The number of nitriles is 1. The molecule has 0 aliphatic heterocycles. The van der Waals surface area contributed by atoms with Crippen LogP contribution in [0.4, 0.5) is 5.69 Å². The first-order valence-electron chi connectivity index (χ1n) is 6.23.